The van der Waals surface area contributed by atoms with E-state index in [1.165, 1.54) is 6.07 Å². The normalized spacial score (nSPS) is 12.7. The summed E-state index contributed by atoms with van der Waals surface area (Å²) in [6.07, 6.45) is 1.64. The summed E-state index contributed by atoms with van der Waals surface area (Å²) in [7, 11) is 0. The zero-order valence-corrected chi connectivity index (χ0v) is 12.8. The largest absolute Gasteiger partial charge is 0.434 e. The number of alkyl halides is 2. The van der Waals surface area contributed by atoms with Crippen molar-refractivity contribution in [2.24, 2.45) is 5.84 Å². The van der Waals surface area contributed by atoms with E-state index < -0.39 is 12.7 Å². The number of ether oxygens (including phenoxy) is 1. The van der Waals surface area contributed by atoms with E-state index in [1.807, 2.05) is 6.92 Å². The van der Waals surface area contributed by atoms with Crippen molar-refractivity contribution >= 4 is 15.9 Å². The Hall–Kier alpha value is -1.51. The number of para-hydroxylation sites is 1. The van der Waals surface area contributed by atoms with Crippen molar-refractivity contribution in [3.63, 3.8) is 0 Å². The summed E-state index contributed by atoms with van der Waals surface area (Å²) < 4.78 is 32.1. The number of halogens is 3. The monoisotopic (exact) mass is 360 g/mol. The first kappa shape index (κ1) is 15.9. The number of hydrazine groups is 1. The van der Waals surface area contributed by atoms with Crippen LogP contribution in [-0.2, 0) is 6.54 Å². The highest BCUT2D eigenvalue weighted by Gasteiger charge is 2.24. The summed E-state index contributed by atoms with van der Waals surface area (Å²) in [5.74, 6) is 5.71. The van der Waals surface area contributed by atoms with Crippen molar-refractivity contribution in [2.45, 2.75) is 26.1 Å². The molecule has 0 aliphatic carbocycles. The summed E-state index contributed by atoms with van der Waals surface area (Å²) in [5, 5.41) is 4.20. The first-order chi connectivity index (χ1) is 10.1. The van der Waals surface area contributed by atoms with Crippen LogP contribution in [0.3, 0.4) is 0 Å². The average molecular weight is 361 g/mol. The highest BCUT2D eigenvalue weighted by Crippen LogP contribution is 2.33. The van der Waals surface area contributed by atoms with E-state index in [9.17, 15) is 8.78 Å². The molecule has 2 rings (SSSR count). The summed E-state index contributed by atoms with van der Waals surface area (Å²) in [4.78, 5) is 0. The topological polar surface area (TPSA) is 65.1 Å². The Morgan fingerprint density at radius 3 is 2.76 bits per heavy atom. The highest BCUT2D eigenvalue weighted by molar-refractivity contribution is 9.10. The second kappa shape index (κ2) is 6.97. The lowest BCUT2D eigenvalue weighted by molar-refractivity contribution is -0.0506. The van der Waals surface area contributed by atoms with Gasteiger partial charge in [-0.15, -0.1) is 0 Å². The van der Waals surface area contributed by atoms with Gasteiger partial charge < -0.3 is 4.74 Å². The molecule has 1 heterocycles. The number of benzene rings is 1. The quantitative estimate of drug-likeness (QED) is 0.614. The van der Waals surface area contributed by atoms with Gasteiger partial charge in [0, 0.05) is 12.1 Å². The van der Waals surface area contributed by atoms with Crippen LogP contribution in [-0.4, -0.2) is 16.4 Å². The van der Waals surface area contributed by atoms with Gasteiger partial charge in [-0.2, -0.15) is 13.9 Å². The first-order valence-corrected chi connectivity index (χ1v) is 7.08. The molecule has 2 aromatic rings. The van der Waals surface area contributed by atoms with E-state index in [-0.39, 0.29) is 5.75 Å². The number of hydrogen-bond donors (Lipinski definition) is 2. The Balaban J connectivity index is 2.49. The van der Waals surface area contributed by atoms with Crippen molar-refractivity contribution in [1.82, 2.24) is 15.2 Å². The maximum absolute atomic E-state index is 12.5. The molecule has 114 valence electrons. The molecule has 0 amide bonds. The van der Waals surface area contributed by atoms with Crippen LogP contribution in [0.1, 0.15) is 24.2 Å². The number of nitrogens with one attached hydrogen (secondary N) is 1. The van der Waals surface area contributed by atoms with Crippen LogP contribution in [0.15, 0.2) is 34.9 Å². The Kier molecular flexibility index (Phi) is 5.27. The fourth-order valence-electron chi connectivity index (χ4n) is 2.15. The molecule has 21 heavy (non-hydrogen) atoms. The molecular weight excluding hydrogens is 346 g/mol. The molecule has 0 spiro atoms. The molecular formula is C13H15BrF2N4O. The second-order valence-electron chi connectivity index (χ2n) is 4.21. The van der Waals surface area contributed by atoms with Crippen LogP contribution >= 0.6 is 15.9 Å². The Morgan fingerprint density at radius 1 is 1.43 bits per heavy atom. The zero-order chi connectivity index (χ0) is 15.4. The van der Waals surface area contributed by atoms with E-state index in [0.29, 0.717) is 12.1 Å². The minimum Gasteiger partial charge on any atom is -0.434 e. The smallest absolute Gasteiger partial charge is 0.387 e. The summed E-state index contributed by atoms with van der Waals surface area (Å²) in [5.41, 5.74) is 3.89. The Morgan fingerprint density at radius 2 is 2.14 bits per heavy atom. The minimum absolute atomic E-state index is 0.0752. The SMILES string of the molecule is CCn1ncc(Br)c1C(NN)c1ccccc1OC(F)F. The molecule has 0 saturated heterocycles. The van der Waals surface area contributed by atoms with Gasteiger partial charge in [0.05, 0.1) is 22.4 Å². The Bertz CT molecular complexity index is 606. The lowest BCUT2D eigenvalue weighted by atomic mass is 10.0. The van der Waals surface area contributed by atoms with Crippen LogP contribution in [0, 0.1) is 0 Å². The van der Waals surface area contributed by atoms with Crippen LogP contribution in [0.2, 0.25) is 0 Å². The van der Waals surface area contributed by atoms with Crippen LogP contribution in [0.25, 0.3) is 0 Å². The molecule has 8 heteroatoms. The maximum Gasteiger partial charge on any atom is 0.387 e. The van der Waals surface area contributed by atoms with Gasteiger partial charge in [-0.3, -0.25) is 10.5 Å². The number of aromatic nitrogens is 2. The van der Waals surface area contributed by atoms with Crippen LogP contribution in [0.4, 0.5) is 8.78 Å². The van der Waals surface area contributed by atoms with E-state index in [1.54, 1.807) is 29.1 Å². The molecule has 0 radical (unpaired) electrons. The zero-order valence-electron chi connectivity index (χ0n) is 11.3. The molecule has 0 saturated carbocycles. The molecule has 0 bridgehead atoms. The molecule has 5 nitrogen and oxygen atoms in total. The standard InChI is InChI=1S/C13H15BrF2N4O/c1-2-20-12(9(14)7-18-20)11(19-17)8-5-3-4-6-10(8)21-13(15)16/h3-7,11,13,19H,2,17H2,1H3. The van der Waals surface area contributed by atoms with Gasteiger partial charge in [0.1, 0.15) is 5.75 Å². The van der Waals surface area contributed by atoms with Gasteiger partial charge in [0.15, 0.2) is 0 Å². The number of rotatable bonds is 6. The van der Waals surface area contributed by atoms with E-state index >= 15 is 0 Å². The van der Waals surface area contributed by atoms with Crippen LogP contribution in [0.5, 0.6) is 5.75 Å². The molecule has 1 aromatic carbocycles. The first-order valence-electron chi connectivity index (χ1n) is 6.29. The third-order valence-corrected chi connectivity index (χ3v) is 3.63. The fraction of sp³-hybridized carbons (Fsp3) is 0.308. The maximum atomic E-state index is 12.5. The Labute approximate surface area is 129 Å². The molecule has 0 aliphatic heterocycles. The number of nitrogens with two attached hydrogens (primary N) is 1. The minimum atomic E-state index is -2.90. The summed E-state index contributed by atoms with van der Waals surface area (Å²) in [6.45, 7) is -0.348. The van der Waals surface area contributed by atoms with E-state index in [4.69, 9.17) is 5.84 Å². The van der Waals surface area contributed by atoms with Crippen molar-refractivity contribution < 1.29 is 13.5 Å². The number of hydrogen-bond acceptors (Lipinski definition) is 4. The predicted molar refractivity (Wildman–Crippen MR) is 77.8 cm³/mol. The third kappa shape index (κ3) is 3.39. The predicted octanol–water partition coefficient (Wildman–Crippen LogP) is 2.82. The van der Waals surface area contributed by atoms with Gasteiger partial charge in [-0.1, -0.05) is 18.2 Å². The van der Waals surface area contributed by atoms with Gasteiger partial charge in [0.2, 0.25) is 0 Å². The lowest BCUT2D eigenvalue weighted by Gasteiger charge is -2.21. The van der Waals surface area contributed by atoms with Crippen molar-refractivity contribution in [3.8, 4) is 5.75 Å². The van der Waals surface area contributed by atoms with Crippen molar-refractivity contribution in [3.05, 3.63) is 46.2 Å². The van der Waals surface area contributed by atoms with Gasteiger partial charge >= 0.3 is 6.61 Å². The van der Waals surface area contributed by atoms with Gasteiger partial charge in [-0.05, 0) is 28.9 Å². The second-order valence-corrected chi connectivity index (χ2v) is 5.06. The molecule has 3 N–H and O–H groups in total. The molecule has 0 aliphatic rings. The summed E-state index contributed by atoms with van der Waals surface area (Å²) >= 11 is 3.40. The van der Waals surface area contributed by atoms with Gasteiger partial charge in [-0.25, -0.2) is 5.43 Å². The summed E-state index contributed by atoms with van der Waals surface area (Å²) in [6, 6.07) is 5.99. The van der Waals surface area contributed by atoms with Crippen LogP contribution < -0.4 is 16.0 Å². The molecule has 1 unspecified atom stereocenters. The fourth-order valence-corrected chi connectivity index (χ4v) is 2.67. The van der Waals surface area contributed by atoms with Gasteiger partial charge in [0.25, 0.3) is 0 Å². The molecule has 0 fully saturated rings. The molecule has 1 aromatic heterocycles. The highest BCUT2D eigenvalue weighted by atomic mass is 79.9. The number of nitrogens with zero attached hydrogens (tertiary/aromatic N) is 2. The van der Waals surface area contributed by atoms with Crippen molar-refractivity contribution in [1.29, 1.82) is 0 Å². The lowest BCUT2D eigenvalue weighted by Crippen LogP contribution is -2.31. The average Bonchev–Trinajstić information content (AvgIpc) is 2.82. The van der Waals surface area contributed by atoms with E-state index in [2.05, 4.69) is 31.2 Å². The van der Waals surface area contributed by atoms with E-state index in [0.717, 1.165) is 10.2 Å². The number of aryl methyl sites for hydroxylation is 1. The third-order valence-electron chi connectivity index (χ3n) is 3.02. The molecule has 1 atom stereocenters. The van der Waals surface area contributed by atoms with Crippen molar-refractivity contribution in [2.75, 3.05) is 0 Å².